The van der Waals surface area contributed by atoms with Crippen LogP contribution in [0.15, 0.2) is 103 Å². The fourth-order valence-electron chi connectivity index (χ4n) is 5.81. The first kappa shape index (κ1) is 29.1. The maximum Gasteiger partial charge on any atom is 0.0484 e. The summed E-state index contributed by atoms with van der Waals surface area (Å²) in [5, 5.41) is 0. The molecule has 0 nitrogen and oxygen atoms in total. The number of hydrogen-bond acceptors (Lipinski definition) is 3. The van der Waals surface area contributed by atoms with Gasteiger partial charge in [-0.15, -0.1) is 34.0 Å². The van der Waals surface area contributed by atoms with E-state index in [1.807, 2.05) is 34.0 Å². The minimum absolute atomic E-state index is 0.600. The van der Waals surface area contributed by atoms with Gasteiger partial charge in [0.15, 0.2) is 0 Å². The topological polar surface area (TPSA) is 0 Å². The van der Waals surface area contributed by atoms with E-state index >= 15 is 0 Å². The molecular weight excluding hydrogens is 565 g/mol. The minimum Gasteiger partial charge on any atom is -0.134 e. The summed E-state index contributed by atoms with van der Waals surface area (Å²) < 4.78 is 0. The Morgan fingerprint density at radius 1 is 0.524 bits per heavy atom. The van der Waals surface area contributed by atoms with E-state index in [0.717, 1.165) is 6.42 Å². The summed E-state index contributed by atoms with van der Waals surface area (Å²) in [6, 6.07) is 29.6. The Labute approximate surface area is 264 Å². The molecule has 0 bridgehead atoms. The van der Waals surface area contributed by atoms with Gasteiger partial charge in [0.2, 0.25) is 0 Å². The fourth-order valence-corrected chi connectivity index (χ4v) is 9.50. The SMILES string of the molecule is CCCCc1c(-c2ccc(-c3ccccc3)s2)sc(-c2ccc(-c3ccc(CCC4C=CC=C4)cc3)s2)c1CCCC. The van der Waals surface area contributed by atoms with Crippen LogP contribution in [0.4, 0.5) is 0 Å². The van der Waals surface area contributed by atoms with Crippen LogP contribution in [-0.2, 0) is 19.3 Å². The quantitative estimate of drug-likeness (QED) is 0.125. The Bertz CT molecular complexity index is 1630. The highest BCUT2D eigenvalue weighted by molar-refractivity contribution is 7.28. The highest BCUT2D eigenvalue weighted by atomic mass is 32.1. The Morgan fingerprint density at radius 3 is 1.60 bits per heavy atom. The first-order valence-corrected chi connectivity index (χ1v) is 18.0. The van der Waals surface area contributed by atoms with Crippen molar-refractivity contribution < 1.29 is 0 Å². The molecule has 3 heterocycles. The average molecular weight is 605 g/mol. The van der Waals surface area contributed by atoms with Gasteiger partial charge in [0.1, 0.15) is 0 Å². The molecule has 1 aliphatic rings. The van der Waals surface area contributed by atoms with E-state index in [0.29, 0.717) is 5.92 Å². The third-order valence-corrected chi connectivity index (χ3v) is 12.1. The van der Waals surface area contributed by atoms with Gasteiger partial charge < -0.3 is 0 Å². The minimum atomic E-state index is 0.600. The Balaban J connectivity index is 1.31. The number of benzene rings is 2. The molecule has 1 aliphatic carbocycles. The lowest BCUT2D eigenvalue weighted by atomic mass is 9.97. The van der Waals surface area contributed by atoms with Gasteiger partial charge in [-0.3, -0.25) is 0 Å². The molecule has 3 heteroatoms. The highest BCUT2D eigenvalue weighted by Crippen LogP contribution is 2.49. The van der Waals surface area contributed by atoms with Gasteiger partial charge in [-0.05, 0) is 96.5 Å². The average Bonchev–Trinajstić information content (AvgIpc) is 3.85. The largest absolute Gasteiger partial charge is 0.134 e. The van der Waals surface area contributed by atoms with E-state index in [9.17, 15) is 0 Å². The van der Waals surface area contributed by atoms with E-state index in [1.54, 1.807) is 11.1 Å². The molecule has 2 aromatic carbocycles. The van der Waals surface area contributed by atoms with E-state index in [1.165, 1.54) is 90.9 Å². The van der Waals surface area contributed by atoms with E-state index in [2.05, 4.69) is 117 Å². The molecule has 42 heavy (non-hydrogen) atoms. The number of thiophene rings is 3. The van der Waals surface area contributed by atoms with Crippen LogP contribution in [0.2, 0.25) is 0 Å². The van der Waals surface area contributed by atoms with Crippen LogP contribution in [0.5, 0.6) is 0 Å². The normalized spacial score (nSPS) is 13.0. The molecule has 0 saturated heterocycles. The van der Waals surface area contributed by atoms with Crippen molar-refractivity contribution in [1.29, 1.82) is 0 Å². The molecule has 0 spiro atoms. The van der Waals surface area contributed by atoms with Crippen molar-refractivity contribution in [1.82, 2.24) is 0 Å². The van der Waals surface area contributed by atoms with Crippen LogP contribution in [0.25, 0.3) is 40.4 Å². The molecule has 0 atom stereocenters. The van der Waals surface area contributed by atoms with Crippen LogP contribution < -0.4 is 0 Å². The van der Waals surface area contributed by atoms with Crippen LogP contribution in [-0.4, -0.2) is 0 Å². The van der Waals surface area contributed by atoms with Crippen molar-refractivity contribution in [3.63, 3.8) is 0 Å². The van der Waals surface area contributed by atoms with E-state index in [4.69, 9.17) is 0 Å². The zero-order valence-corrected chi connectivity index (χ0v) is 27.2. The van der Waals surface area contributed by atoms with E-state index < -0.39 is 0 Å². The molecule has 0 radical (unpaired) electrons. The summed E-state index contributed by atoms with van der Waals surface area (Å²) in [6.07, 6.45) is 18.6. The van der Waals surface area contributed by atoms with Gasteiger partial charge in [-0.2, -0.15) is 0 Å². The lowest BCUT2D eigenvalue weighted by Crippen LogP contribution is -1.94. The monoisotopic (exact) mass is 604 g/mol. The second-order valence-corrected chi connectivity index (χ2v) is 14.5. The number of hydrogen-bond donors (Lipinski definition) is 0. The van der Waals surface area contributed by atoms with Crippen molar-refractivity contribution in [2.24, 2.45) is 5.92 Å². The molecule has 0 saturated carbocycles. The van der Waals surface area contributed by atoms with Crippen molar-refractivity contribution in [3.8, 4) is 40.4 Å². The van der Waals surface area contributed by atoms with Crippen molar-refractivity contribution in [2.45, 2.75) is 65.2 Å². The standard InChI is InChI=1S/C39H40S3/c1-3-5-16-32-33(17-6-4-2)39(42-38(32)36-26-24-34(40-36)30-14-8-7-9-15-30)37-27-25-35(41-37)31-22-20-29(21-23-31)19-18-28-12-10-11-13-28/h7-15,20-28H,3-6,16-19H2,1-2H3. The molecule has 0 N–H and O–H groups in total. The summed E-state index contributed by atoms with van der Waals surface area (Å²) in [4.78, 5) is 8.58. The van der Waals surface area contributed by atoms with Crippen LogP contribution in [0.3, 0.4) is 0 Å². The molecule has 0 fully saturated rings. The van der Waals surface area contributed by atoms with Crippen LogP contribution in [0, 0.1) is 5.92 Å². The first-order chi connectivity index (χ1) is 20.7. The zero-order valence-electron chi connectivity index (χ0n) is 24.8. The number of allylic oxidation sites excluding steroid dienone is 4. The number of rotatable bonds is 13. The summed E-state index contributed by atoms with van der Waals surface area (Å²) >= 11 is 5.96. The molecule has 0 unspecified atom stereocenters. The van der Waals surface area contributed by atoms with Gasteiger partial charge in [-0.1, -0.05) is 106 Å². The lowest BCUT2D eigenvalue weighted by molar-refractivity contribution is 0.716. The fraction of sp³-hybridized carbons (Fsp3) is 0.282. The summed E-state index contributed by atoms with van der Waals surface area (Å²) in [5.41, 5.74) is 7.30. The molecule has 214 valence electrons. The summed E-state index contributed by atoms with van der Waals surface area (Å²) in [7, 11) is 0. The van der Waals surface area contributed by atoms with Crippen LogP contribution in [0.1, 0.15) is 62.6 Å². The lowest BCUT2D eigenvalue weighted by Gasteiger charge is -2.08. The third kappa shape index (κ3) is 6.64. The second kappa shape index (κ2) is 14.0. The Hall–Kier alpha value is -2.98. The highest BCUT2D eigenvalue weighted by Gasteiger charge is 2.22. The summed E-state index contributed by atoms with van der Waals surface area (Å²) in [6.45, 7) is 4.63. The van der Waals surface area contributed by atoms with Gasteiger partial charge in [0.25, 0.3) is 0 Å². The Morgan fingerprint density at radius 2 is 1.05 bits per heavy atom. The molecular formula is C39H40S3. The van der Waals surface area contributed by atoms with Crippen molar-refractivity contribution in [2.75, 3.05) is 0 Å². The molecule has 0 amide bonds. The second-order valence-electron chi connectivity index (χ2n) is 11.3. The smallest absolute Gasteiger partial charge is 0.0484 e. The molecule has 5 aromatic rings. The zero-order chi connectivity index (χ0) is 28.7. The van der Waals surface area contributed by atoms with Crippen LogP contribution >= 0.6 is 34.0 Å². The van der Waals surface area contributed by atoms with E-state index in [-0.39, 0.29) is 0 Å². The predicted octanol–water partition coefficient (Wildman–Crippen LogP) is 12.9. The number of unbranched alkanes of at least 4 members (excludes halogenated alkanes) is 2. The van der Waals surface area contributed by atoms with Crippen molar-refractivity contribution in [3.05, 3.63) is 120 Å². The van der Waals surface area contributed by atoms with Crippen molar-refractivity contribution >= 4 is 34.0 Å². The maximum absolute atomic E-state index is 2.38. The van der Waals surface area contributed by atoms with Gasteiger partial charge in [0, 0.05) is 29.3 Å². The van der Waals surface area contributed by atoms with Gasteiger partial charge in [0.05, 0.1) is 0 Å². The first-order valence-electron chi connectivity index (χ1n) is 15.6. The third-order valence-electron chi connectivity index (χ3n) is 8.23. The maximum atomic E-state index is 2.38. The van der Waals surface area contributed by atoms with Gasteiger partial charge in [-0.25, -0.2) is 0 Å². The van der Waals surface area contributed by atoms with Gasteiger partial charge >= 0.3 is 0 Å². The summed E-state index contributed by atoms with van der Waals surface area (Å²) in [5.74, 6) is 0.600. The molecule has 0 aliphatic heterocycles. The molecule has 6 rings (SSSR count). The Kier molecular flexibility index (Phi) is 9.70. The predicted molar refractivity (Wildman–Crippen MR) is 189 cm³/mol. The molecule has 3 aromatic heterocycles. The number of aryl methyl sites for hydroxylation is 1.